The fourth-order valence-corrected chi connectivity index (χ4v) is 2.66. The Hall–Kier alpha value is -3.15. The number of aromatic amines is 1. The summed E-state index contributed by atoms with van der Waals surface area (Å²) in [5.41, 5.74) is -3.04. The van der Waals surface area contributed by atoms with Crippen molar-refractivity contribution in [2.45, 2.75) is 11.9 Å². The maximum Gasteiger partial charge on any atom is 0.417 e. The third kappa shape index (κ3) is 3.91. The maximum atomic E-state index is 13.4. The van der Waals surface area contributed by atoms with Gasteiger partial charge in [0, 0.05) is 17.0 Å². The summed E-state index contributed by atoms with van der Waals surface area (Å²) in [4.78, 5) is 30.1. The molecule has 8 nitrogen and oxygen atoms in total. The van der Waals surface area contributed by atoms with Crippen LogP contribution in [0.25, 0.3) is 5.70 Å². The highest BCUT2D eigenvalue weighted by Crippen LogP contribution is 2.38. The number of alkyl halides is 3. The largest absolute Gasteiger partial charge is 0.493 e. The number of rotatable bonds is 4. The molecule has 0 unspecified atom stereocenters. The zero-order valence-corrected chi connectivity index (χ0v) is 14.8. The van der Waals surface area contributed by atoms with Gasteiger partial charge < -0.3 is 15.4 Å². The molecule has 3 N–H and O–H groups in total. The van der Waals surface area contributed by atoms with Crippen LogP contribution in [-0.4, -0.2) is 27.5 Å². The average molecular weight is 411 g/mol. The number of thiol groups is 1. The van der Waals surface area contributed by atoms with E-state index in [4.69, 9.17) is 0 Å². The lowest BCUT2D eigenvalue weighted by molar-refractivity contribution is -0.137. The van der Waals surface area contributed by atoms with Crippen LogP contribution in [-0.2, 0) is 11.9 Å². The van der Waals surface area contributed by atoms with Gasteiger partial charge in [0.1, 0.15) is 5.82 Å². The van der Waals surface area contributed by atoms with E-state index < -0.39 is 34.6 Å². The molecule has 0 bridgehead atoms. The maximum absolute atomic E-state index is 13.4. The molecule has 146 valence electrons. The van der Waals surface area contributed by atoms with E-state index >= 15 is 0 Å². The van der Waals surface area contributed by atoms with E-state index in [-0.39, 0.29) is 35.1 Å². The average Bonchev–Trinajstić information content (AvgIpc) is 3.14. The normalized spacial score (nSPS) is 13.5. The molecular weight excluding hydrogens is 399 g/mol. The van der Waals surface area contributed by atoms with Crippen LogP contribution in [0, 0.1) is 0 Å². The van der Waals surface area contributed by atoms with Crippen molar-refractivity contribution in [3.05, 3.63) is 57.1 Å². The molecule has 0 atom stereocenters. The van der Waals surface area contributed by atoms with Gasteiger partial charge in [-0.25, -0.2) is 0 Å². The van der Waals surface area contributed by atoms with Gasteiger partial charge in [0.25, 0.3) is 11.5 Å². The molecule has 0 spiro atoms. The van der Waals surface area contributed by atoms with Crippen molar-refractivity contribution in [1.29, 1.82) is 0 Å². The Balaban J connectivity index is 1.96. The molecule has 1 amide bonds. The Kier molecular flexibility index (Phi) is 5.23. The van der Waals surface area contributed by atoms with Crippen LogP contribution in [0.5, 0.6) is 5.88 Å². The third-order valence-electron chi connectivity index (χ3n) is 3.73. The van der Waals surface area contributed by atoms with Crippen LogP contribution in [0.4, 0.5) is 18.9 Å². The van der Waals surface area contributed by atoms with Gasteiger partial charge >= 0.3 is 6.18 Å². The van der Waals surface area contributed by atoms with E-state index in [0.29, 0.717) is 6.07 Å². The van der Waals surface area contributed by atoms with Gasteiger partial charge in [-0.15, -0.1) is 0 Å². The molecule has 2 heterocycles. The molecular formula is C16H12F3N5O3S. The standard InChI is InChI=1S/C16H12F3N5O3S/c17-16(18,19)9-5-7(1-2-8(9)10-3-4-20-24-10)21-13(25)12-14(26)22-11(6-28)23-15(12)27/h1-3,5,28H,4,6H2,(H,21,25)(H2,22,23,26,27). The van der Waals surface area contributed by atoms with Crippen LogP contribution >= 0.6 is 12.6 Å². The number of aromatic nitrogens is 2. The molecule has 1 aromatic carbocycles. The highest BCUT2D eigenvalue weighted by atomic mass is 32.1. The lowest BCUT2D eigenvalue weighted by Crippen LogP contribution is -2.25. The Morgan fingerprint density at radius 1 is 1.36 bits per heavy atom. The van der Waals surface area contributed by atoms with Gasteiger partial charge in [-0.05, 0) is 18.2 Å². The minimum atomic E-state index is -4.72. The number of hydrogen-bond acceptors (Lipinski definition) is 7. The van der Waals surface area contributed by atoms with Gasteiger partial charge in [0.15, 0.2) is 5.56 Å². The highest BCUT2D eigenvalue weighted by Gasteiger charge is 2.35. The molecule has 2 aromatic rings. The summed E-state index contributed by atoms with van der Waals surface area (Å²) in [7, 11) is 0. The number of benzene rings is 1. The first-order chi connectivity index (χ1) is 13.2. The van der Waals surface area contributed by atoms with Crippen molar-refractivity contribution in [1.82, 2.24) is 9.97 Å². The summed E-state index contributed by atoms with van der Waals surface area (Å²) in [5, 5.41) is 19.2. The molecule has 0 aliphatic carbocycles. The number of azo groups is 1. The van der Waals surface area contributed by atoms with Crippen molar-refractivity contribution in [3.8, 4) is 5.88 Å². The number of anilines is 1. The van der Waals surface area contributed by atoms with Gasteiger partial charge in [-0.2, -0.15) is 41.0 Å². The number of aromatic hydroxyl groups is 1. The van der Waals surface area contributed by atoms with Crippen LogP contribution in [0.3, 0.4) is 0 Å². The minimum Gasteiger partial charge on any atom is -0.493 e. The van der Waals surface area contributed by atoms with E-state index in [1.165, 1.54) is 12.1 Å². The number of carbonyl (C=O) groups is 1. The number of nitrogens with zero attached hydrogens (tertiary/aromatic N) is 3. The van der Waals surface area contributed by atoms with Crippen LogP contribution in [0.2, 0.25) is 0 Å². The van der Waals surface area contributed by atoms with Crippen molar-refractivity contribution >= 4 is 29.9 Å². The summed E-state index contributed by atoms with van der Waals surface area (Å²) >= 11 is 3.89. The fourth-order valence-electron chi connectivity index (χ4n) is 2.51. The van der Waals surface area contributed by atoms with Gasteiger partial charge in [-0.1, -0.05) is 6.07 Å². The van der Waals surface area contributed by atoms with E-state index in [0.717, 1.165) is 6.07 Å². The molecule has 1 aliphatic rings. The summed E-state index contributed by atoms with van der Waals surface area (Å²) in [6.45, 7) is 0.183. The van der Waals surface area contributed by atoms with E-state index in [9.17, 15) is 27.9 Å². The first kappa shape index (κ1) is 19.6. The Bertz CT molecular complexity index is 1060. The summed E-state index contributed by atoms with van der Waals surface area (Å²) in [6, 6.07) is 3.07. The van der Waals surface area contributed by atoms with E-state index in [2.05, 4.69) is 38.1 Å². The number of halogens is 3. The second-order valence-corrected chi connectivity index (χ2v) is 5.91. The Morgan fingerprint density at radius 2 is 2.11 bits per heavy atom. The predicted molar refractivity (Wildman–Crippen MR) is 96.3 cm³/mol. The Labute approximate surface area is 160 Å². The van der Waals surface area contributed by atoms with Crippen molar-refractivity contribution < 1.29 is 23.1 Å². The molecule has 3 rings (SSSR count). The van der Waals surface area contributed by atoms with E-state index in [1.54, 1.807) is 0 Å². The topological polar surface area (TPSA) is 120 Å². The SMILES string of the molecule is O=C(Nc1ccc(C2=CCN=N2)c(C(F)(F)F)c1)c1c(O)nc(CS)[nH]c1=O. The van der Waals surface area contributed by atoms with Crippen molar-refractivity contribution in [2.24, 2.45) is 10.2 Å². The fraction of sp³-hybridized carbons (Fsp3) is 0.188. The summed E-state index contributed by atoms with van der Waals surface area (Å²) in [5.74, 6) is -1.92. The number of H-pyrrole nitrogens is 1. The smallest absolute Gasteiger partial charge is 0.417 e. The molecule has 0 radical (unpaired) electrons. The summed E-state index contributed by atoms with van der Waals surface area (Å²) in [6.07, 6.45) is -3.28. The molecule has 0 fully saturated rings. The molecule has 0 saturated heterocycles. The number of amides is 1. The van der Waals surface area contributed by atoms with Crippen molar-refractivity contribution in [2.75, 3.05) is 11.9 Å². The monoisotopic (exact) mass is 411 g/mol. The zero-order chi connectivity index (χ0) is 20.5. The van der Waals surface area contributed by atoms with Crippen LogP contribution < -0.4 is 10.9 Å². The van der Waals surface area contributed by atoms with Crippen LogP contribution in [0.1, 0.15) is 27.3 Å². The molecule has 28 heavy (non-hydrogen) atoms. The van der Waals surface area contributed by atoms with Gasteiger partial charge in [0.2, 0.25) is 5.88 Å². The van der Waals surface area contributed by atoms with Crippen molar-refractivity contribution in [3.63, 3.8) is 0 Å². The molecule has 1 aliphatic heterocycles. The number of carbonyl (C=O) groups excluding carboxylic acids is 1. The molecule has 1 aromatic heterocycles. The van der Waals surface area contributed by atoms with Crippen LogP contribution in [0.15, 0.2) is 39.3 Å². The Morgan fingerprint density at radius 3 is 2.68 bits per heavy atom. The van der Waals surface area contributed by atoms with Gasteiger partial charge in [0.05, 0.1) is 17.8 Å². The first-order valence-electron chi connectivity index (χ1n) is 7.74. The number of nitrogens with one attached hydrogen (secondary N) is 2. The van der Waals surface area contributed by atoms with E-state index in [1.807, 2.05) is 0 Å². The zero-order valence-electron chi connectivity index (χ0n) is 13.9. The third-order valence-corrected chi connectivity index (χ3v) is 4.03. The first-order valence-corrected chi connectivity index (χ1v) is 8.37. The molecule has 12 heteroatoms. The number of hydrogen-bond donors (Lipinski definition) is 4. The second kappa shape index (κ2) is 7.46. The predicted octanol–water partition coefficient (Wildman–Crippen LogP) is 2.98. The molecule has 0 saturated carbocycles. The highest BCUT2D eigenvalue weighted by molar-refractivity contribution is 7.79. The lowest BCUT2D eigenvalue weighted by Gasteiger charge is -2.14. The minimum absolute atomic E-state index is 0.00823. The lowest BCUT2D eigenvalue weighted by atomic mass is 10.0. The second-order valence-electron chi connectivity index (χ2n) is 5.59. The summed E-state index contributed by atoms with van der Waals surface area (Å²) < 4.78 is 40.3. The van der Waals surface area contributed by atoms with Gasteiger partial charge in [-0.3, -0.25) is 9.59 Å². The quantitative estimate of drug-likeness (QED) is 0.578.